The van der Waals surface area contributed by atoms with Gasteiger partial charge < -0.3 is 5.11 Å². The molecule has 2 heteroatoms. The molecule has 0 atom stereocenters. The molecule has 3 aromatic rings. The van der Waals surface area contributed by atoms with Gasteiger partial charge in [-0.05, 0) is 11.6 Å². The molecule has 0 spiro atoms. The molecule has 0 amide bonds. The lowest BCUT2D eigenvalue weighted by Crippen LogP contribution is -1.88. The van der Waals surface area contributed by atoms with Gasteiger partial charge in [-0.2, -0.15) is 0 Å². The smallest absolute Gasteiger partial charge is 0.0780 e. The van der Waals surface area contributed by atoms with Crippen molar-refractivity contribution in [2.45, 2.75) is 0 Å². The van der Waals surface area contributed by atoms with Gasteiger partial charge in [0.25, 0.3) is 0 Å². The summed E-state index contributed by atoms with van der Waals surface area (Å²) >= 11 is 0. The molecule has 0 aliphatic rings. The van der Waals surface area contributed by atoms with Crippen LogP contribution in [0.25, 0.3) is 22.4 Å². The number of nitrogens with zero attached hydrogens (tertiary/aromatic N) is 1. The lowest BCUT2D eigenvalue weighted by Gasteiger charge is -2.08. The largest absolute Gasteiger partial charge is 0.400 e. The Morgan fingerprint density at radius 1 is 0.650 bits per heavy atom. The second-order valence-electron chi connectivity index (χ2n) is 4.13. The molecule has 0 saturated heterocycles. The number of aliphatic hydroxyl groups is 1. The Hall–Kier alpha value is -2.45. The number of benzene rings is 2. The third-order valence-corrected chi connectivity index (χ3v) is 2.94. The Labute approximate surface area is 119 Å². The average Bonchev–Trinajstić information content (AvgIpc) is 2.58. The molecular formula is C18H17NO. The van der Waals surface area contributed by atoms with Gasteiger partial charge in [-0.3, -0.25) is 4.98 Å². The summed E-state index contributed by atoms with van der Waals surface area (Å²) in [6, 6.07) is 24.7. The van der Waals surface area contributed by atoms with Crippen molar-refractivity contribution in [1.82, 2.24) is 4.98 Å². The third-order valence-electron chi connectivity index (χ3n) is 2.94. The third kappa shape index (κ3) is 3.11. The van der Waals surface area contributed by atoms with Crippen LogP contribution in [0.4, 0.5) is 0 Å². The van der Waals surface area contributed by atoms with Crippen LogP contribution in [-0.4, -0.2) is 17.2 Å². The second kappa shape index (κ2) is 7.22. The average molecular weight is 263 g/mol. The van der Waals surface area contributed by atoms with Crippen LogP contribution in [0, 0.1) is 0 Å². The summed E-state index contributed by atoms with van der Waals surface area (Å²) in [6.07, 6.45) is 1.84. The van der Waals surface area contributed by atoms with Gasteiger partial charge in [-0.15, -0.1) is 0 Å². The molecule has 20 heavy (non-hydrogen) atoms. The topological polar surface area (TPSA) is 33.1 Å². The second-order valence-corrected chi connectivity index (χ2v) is 4.13. The summed E-state index contributed by atoms with van der Waals surface area (Å²) < 4.78 is 0. The van der Waals surface area contributed by atoms with E-state index in [0.717, 1.165) is 18.4 Å². The van der Waals surface area contributed by atoms with E-state index in [9.17, 15) is 0 Å². The van der Waals surface area contributed by atoms with E-state index < -0.39 is 0 Å². The maximum Gasteiger partial charge on any atom is 0.0780 e. The van der Waals surface area contributed by atoms with E-state index in [1.807, 2.05) is 36.5 Å². The molecule has 1 heterocycles. The molecule has 0 aliphatic carbocycles. The molecule has 2 nitrogen and oxygen atoms in total. The monoisotopic (exact) mass is 263 g/mol. The highest BCUT2D eigenvalue weighted by Gasteiger charge is 2.06. The maximum atomic E-state index is 7.00. The van der Waals surface area contributed by atoms with Crippen LogP contribution < -0.4 is 0 Å². The van der Waals surface area contributed by atoms with Gasteiger partial charge in [-0.25, -0.2) is 0 Å². The lowest BCUT2D eigenvalue weighted by molar-refractivity contribution is 0.399. The summed E-state index contributed by atoms with van der Waals surface area (Å²) in [6.45, 7) is 0. The summed E-state index contributed by atoms with van der Waals surface area (Å²) in [7, 11) is 1.00. The van der Waals surface area contributed by atoms with Crippen molar-refractivity contribution in [1.29, 1.82) is 0 Å². The predicted molar refractivity (Wildman–Crippen MR) is 83.3 cm³/mol. The highest BCUT2D eigenvalue weighted by Crippen LogP contribution is 2.29. The van der Waals surface area contributed by atoms with E-state index in [-0.39, 0.29) is 0 Å². The lowest BCUT2D eigenvalue weighted by atomic mass is 10.00. The van der Waals surface area contributed by atoms with E-state index in [0.29, 0.717) is 0 Å². The molecule has 0 saturated carbocycles. The van der Waals surface area contributed by atoms with Crippen molar-refractivity contribution in [3.63, 3.8) is 0 Å². The van der Waals surface area contributed by atoms with Crippen molar-refractivity contribution in [3.8, 4) is 22.4 Å². The van der Waals surface area contributed by atoms with Crippen LogP contribution in [0.5, 0.6) is 0 Å². The van der Waals surface area contributed by atoms with Gasteiger partial charge >= 0.3 is 0 Å². The van der Waals surface area contributed by atoms with Crippen LogP contribution in [0.1, 0.15) is 0 Å². The summed E-state index contributed by atoms with van der Waals surface area (Å²) in [4.78, 5) is 4.53. The molecule has 1 N–H and O–H groups in total. The van der Waals surface area contributed by atoms with E-state index in [1.54, 1.807) is 0 Å². The zero-order valence-electron chi connectivity index (χ0n) is 11.4. The molecule has 0 bridgehead atoms. The number of aromatic nitrogens is 1. The summed E-state index contributed by atoms with van der Waals surface area (Å²) in [5.74, 6) is 0. The van der Waals surface area contributed by atoms with Crippen molar-refractivity contribution < 1.29 is 5.11 Å². The molecule has 100 valence electrons. The predicted octanol–water partition coefficient (Wildman–Crippen LogP) is 4.02. The first kappa shape index (κ1) is 14.0. The number of pyridine rings is 1. The first-order valence-corrected chi connectivity index (χ1v) is 6.46. The van der Waals surface area contributed by atoms with Gasteiger partial charge in [0.05, 0.1) is 5.69 Å². The van der Waals surface area contributed by atoms with E-state index in [4.69, 9.17) is 5.11 Å². The Morgan fingerprint density at radius 3 is 1.80 bits per heavy atom. The Morgan fingerprint density at radius 2 is 1.20 bits per heavy atom. The van der Waals surface area contributed by atoms with Gasteiger partial charge in [0.1, 0.15) is 0 Å². The minimum absolute atomic E-state index is 1.00. The maximum absolute atomic E-state index is 7.00. The highest BCUT2D eigenvalue weighted by atomic mass is 16.2. The molecule has 0 fully saturated rings. The minimum atomic E-state index is 1.00. The van der Waals surface area contributed by atoms with E-state index in [2.05, 4.69) is 47.4 Å². The minimum Gasteiger partial charge on any atom is -0.400 e. The molecule has 2 aromatic carbocycles. The van der Waals surface area contributed by atoms with Gasteiger partial charge in [0.2, 0.25) is 0 Å². The normalized spacial score (nSPS) is 9.50. The van der Waals surface area contributed by atoms with Crippen LogP contribution in [-0.2, 0) is 0 Å². The fourth-order valence-electron chi connectivity index (χ4n) is 2.08. The SMILES string of the molecule is CO.c1ccc(-c2cccnc2-c2ccccc2)cc1. The van der Waals surface area contributed by atoms with Gasteiger partial charge in [0, 0.05) is 24.4 Å². The summed E-state index contributed by atoms with van der Waals surface area (Å²) in [5, 5.41) is 7.00. The number of aliphatic hydroxyl groups excluding tert-OH is 1. The number of rotatable bonds is 2. The highest BCUT2D eigenvalue weighted by molar-refractivity contribution is 5.80. The molecule has 0 aliphatic heterocycles. The molecule has 1 aromatic heterocycles. The van der Waals surface area contributed by atoms with Crippen LogP contribution in [0.3, 0.4) is 0 Å². The fourth-order valence-corrected chi connectivity index (χ4v) is 2.08. The first-order valence-electron chi connectivity index (χ1n) is 6.46. The molecule has 3 rings (SSSR count). The van der Waals surface area contributed by atoms with Crippen LogP contribution >= 0.6 is 0 Å². The molecule has 0 unspecified atom stereocenters. The number of hydrogen-bond acceptors (Lipinski definition) is 2. The summed E-state index contributed by atoms with van der Waals surface area (Å²) in [5.41, 5.74) is 4.55. The Bertz CT molecular complexity index is 577. The van der Waals surface area contributed by atoms with Gasteiger partial charge in [-0.1, -0.05) is 66.7 Å². The fraction of sp³-hybridized carbons (Fsp3) is 0.0556. The first-order chi connectivity index (χ1) is 9.95. The van der Waals surface area contributed by atoms with Gasteiger partial charge in [0.15, 0.2) is 0 Å². The quantitative estimate of drug-likeness (QED) is 0.757. The van der Waals surface area contributed by atoms with Crippen molar-refractivity contribution >= 4 is 0 Å². The molecule has 0 radical (unpaired) electrons. The Balaban J connectivity index is 0.000000704. The van der Waals surface area contributed by atoms with Crippen molar-refractivity contribution in [2.75, 3.05) is 7.11 Å². The molecular weight excluding hydrogens is 246 g/mol. The van der Waals surface area contributed by atoms with E-state index in [1.165, 1.54) is 11.1 Å². The van der Waals surface area contributed by atoms with Crippen LogP contribution in [0.2, 0.25) is 0 Å². The Kier molecular flexibility index (Phi) is 5.04. The van der Waals surface area contributed by atoms with Crippen molar-refractivity contribution in [2.24, 2.45) is 0 Å². The van der Waals surface area contributed by atoms with E-state index >= 15 is 0 Å². The number of hydrogen-bond donors (Lipinski definition) is 1. The standard InChI is InChI=1S/C17H13N.CH4O/c1-3-8-14(9-4-1)16-12-7-13-18-17(16)15-10-5-2-6-11-15;1-2/h1-13H;2H,1H3. The van der Waals surface area contributed by atoms with Crippen LogP contribution in [0.15, 0.2) is 79.0 Å². The van der Waals surface area contributed by atoms with Crippen molar-refractivity contribution in [3.05, 3.63) is 79.0 Å². The zero-order chi connectivity index (χ0) is 14.2. The zero-order valence-corrected chi connectivity index (χ0v) is 11.4.